The van der Waals surface area contributed by atoms with E-state index in [1.54, 1.807) is 0 Å². The van der Waals surface area contributed by atoms with Gasteiger partial charge in [-0.1, -0.05) is 200 Å². The summed E-state index contributed by atoms with van der Waals surface area (Å²) < 4.78 is 7.12. The second kappa shape index (κ2) is 15.5. The molecule has 5 nitrogen and oxygen atoms in total. The van der Waals surface area contributed by atoms with Crippen LogP contribution in [0.2, 0.25) is 0 Å². The smallest absolute Gasteiger partial charge is 0.164 e. The Kier molecular flexibility index (Phi) is 9.10. The van der Waals surface area contributed by atoms with Gasteiger partial charge in [-0.15, -0.1) is 0 Å². The monoisotopic (exact) mass is 780 g/mol. The number of rotatable bonds is 8. The van der Waals surface area contributed by atoms with E-state index in [0.29, 0.717) is 17.5 Å². The van der Waals surface area contributed by atoms with E-state index < -0.39 is 0 Å². The minimum Gasteiger partial charge on any atom is -0.453 e. The standard InChI is InChI=1S/C56H36N4O/c1-5-17-37(18-6-1)43-25-15-27-45(35-43)49-50-47-29-13-14-30-48(47)57-51(39-21-9-3-10-22-39)53(50)61-52(49)40-31-33-42(34-32-40)55-58-54(41-23-11-4-12-24-41)59-56(60-55)46-28-16-26-44(36-46)38-19-7-2-8-20-38/h1-36H. The van der Waals surface area contributed by atoms with Gasteiger partial charge in [0.05, 0.1) is 5.52 Å². The van der Waals surface area contributed by atoms with Crippen molar-refractivity contribution < 1.29 is 4.42 Å². The van der Waals surface area contributed by atoms with E-state index in [-0.39, 0.29) is 0 Å². The number of hydrogen-bond acceptors (Lipinski definition) is 5. The fourth-order valence-electron chi connectivity index (χ4n) is 8.15. The van der Waals surface area contributed by atoms with Crippen LogP contribution in [0.5, 0.6) is 0 Å². The predicted octanol–water partition coefficient (Wildman–Crippen LogP) is 14.5. The topological polar surface area (TPSA) is 64.7 Å². The Morgan fingerprint density at radius 3 is 1.33 bits per heavy atom. The van der Waals surface area contributed by atoms with E-state index in [4.69, 9.17) is 24.4 Å². The molecule has 0 unspecified atom stereocenters. The lowest BCUT2D eigenvalue weighted by Crippen LogP contribution is -2.00. The van der Waals surface area contributed by atoms with Crippen LogP contribution in [0.1, 0.15) is 0 Å². The third-order valence-electron chi connectivity index (χ3n) is 11.1. The first-order valence-corrected chi connectivity index (χ1v) is 20.4. The van der Waals surface area contributed by atoms with Gasteiger partial charge in [0, 0.05) is 44.2 Å². The molecule has 11 rings (SSSR count). The van der Waals surface area contributed by atoms with Crippen LogP contribution in [0.25, 0.3) is 112 Å². The first kappa shape index (κ1) is 35.8. The number of nitrogens with zero attached hydrogens (tertiary/aromatic N) is 4. The van der Waals surface area contributed by atoms with Crippen LogP contribution in [-0.4, -0.2) is 19.9 Å². The number of hydrogen-bond donors (Lipinski definition) is 0. The zero-order valence-electron chi connectivity index (χ0n) is 33.0. The van der Waals surface area contributed by atoms with Crippen LogP contribution >= 0.6 is 0 Å². The average Bonchev–Trinajstić information content (AvgIpc) is 3.76. The zero-order valence-corrected chi connectivity index (χ0v) is 33.0. The SMILES string of the molecule is c1ccc(-c2cccc(-c3nc(-c4ccccc4)nc(-c4ccc(-c5oc6c(-c7ccccc7)nc7ccccc7c6c5-c5cccc(-c6ccccc6)c5)cc4)n3)c2)cc1. The third-order valence-corrected chi connectivity index (χ3v) is 11.1. The number of pyridine rings is 1. The maximum Gasteiger partial charge on any atom is 0.164 e. The summed E-state index contributed by atoms with van der Waals surface area (Å²) in [5.74, 6) is 2.57. The van der Waals surface area contributed by atoms with Crippen LogP contribution in [0.15, 0.2) is 223 Å². The molecule has 11 aromatic rings. The van der Waals surface area contributed by atoms with E-state index in [1.165, 1.54) is 0 Å². The molecule has 0 spiro atoms. The second-order valence-electron chi connectivity index (χ2n) is 15.0. The number of benzene rings is 8. The van der Waals surface area contributed by atoms with Gasteiger partial charge in [0.25, 0.3) is 0 Å². The van der Waals surface area contributed by atoms with Crippen molar-refractivity contribution in [1.29, 1.82) is 0 Å². The maximum atomic E-state index is 7.12. The highest BCUT2D eigenvalue weighted by Gasteiger charge is 2.25. The highest BCUT2D eigenvalue weighted by molar-refractivity contribution is 6.18. The van der Waals surface area contributed by atoms with Gasteiger partial charge >= 0.3 is 0 Å². The number of furan rings is 1. The summed E-state index contributed by atoms with van der Waals surface area (Å²) in [6.45, 7) is 0. The van der Waals surface area contributed by atoms with Gasteiger partial charge in [0.15, 0.2) is 23.1 Å². The van der Waals surface area contributed by atoms with Crippen LogP contribution in [-0.2, 0) is 0 Å². The van der Waals surface area contributed by atoms with Crippen LogP contribution in [0.4, 0.5) is 0 Å². The number of aromatic nitrogens is 4. The predicted molar refractivity (Wildman–Crippen MR) is 248 cm³/mol. The molecule has 0 aliphatic heterocycles. The van der Waals surface area contributed by atoms with Crippen molar-refractivity contribution in [3.8, 4) is 90.1 Å². The Labute approximate surface area is 353 Å². The summed E-state index contributed by atoms with van der Waals surface area (Å²) >= 11 is 0. The van der Waals surface area contributed by atoms with Crippen molar-refractivity contribution in [3.63, 3.8) is 0 Å². The van der Waals surface area contributed by atoms with Crippen molar-refractivity contribution in [3.05, 3.63) is 218 Å². The summed E-state index contributed by atoms with van der Waals surface area (Å²) in [5.41, 5.74) is 13.7. The molecule has 0 bridgehead atoms. The molecule has 3 heterocycles. The Morgan fingerprint density at radius 1 is 0.295 bits per heavy atom. The van der Waals surface area contributed by atoms with Crippen LogP contribution in [0.3, 0.4) is 0 Å². The van der Waals surface area contributed by atoms with Gasteiger partial charge in [-0.05, 0) is 46.0 Å². The Morgan fingerprint density at radius 2 is 0.721 bits per heavy atom. The van der Waals surface area contributed by atoms with Crippen molar-refractivity contribution in [2.45, 2.75) is 0 Å². The van der Waals surface area contributed by atoms with E-state index in [0.717, 1.165) is 94.5 Å². The summed E-state index contributed by atoms with van der Waals surface area (Å²) in [6.07, 6.45) is 0. The molecule has 8 aromatic carbocycles. The Balaban J connectivity index is 1.09. The highest BCUT2D eigenvalue weighted by Crippen LogP contribution is 2.47. The van der Waals surface area contributed by atoms with Crippen molar-refractivity contribution in [2.75, 3.05) is 0 Å². The van der Waals surface area contributed by atoms with Crippen molar-refractivity contribution in [1.82, 2.24) is 19.9 Å². The third kappa shape index (κ3) is 6.84. The van der Waals surface area contributed by atoms with Gasteiger partial charge in [-0.25, -0.2) is 19.9 Å². The molecule has 0 radical (unpaired) electrons. The molecular weight excluding hydrogens is 745 g/mol. The fraction of sp³-hybridized carbons (Fsp3) is 0. The van der Waals surface area contributed by atoms with Gasteiger partial charge in [-0.3, -0.25) is 0 Å². The molecule has 0 atom stereocenters. The van der Waals surface area contributed by atoms with E-state index in [1.807, 2.05) is 66.7 Å². The molecule has 5 heteroatoms. The molecule has 0 amide bonds. The molecule has 0 saturated carbocycles. The first-order chi connectivity index (χ1) is 30.2. The summed E-state index contributed by atoms with van der Waals surface area (Å²) in [7, 11) is 0. The molecule has 0 saturated heterocycles. The second-order valence-corrected chi connectivity index (χ2v) is 15.0. The lowest BCUT2D eigenvalue weighted by atomic mass is 9.93. The highest BCUT2D eigenvalue weighted by atomic mass is 16.3. The quantitative estimate of drug-likeness (QED) is 0.154. The Hall–Kier alpha value is -8.28. The number of fused-ring (bicyclic) bond motifs is 3. The molecule has 0 aliphatic carbocycles. The summed E-state index contributed by atoms with van der Waals surface area (Å²) in [4.78, 5) is 20.4. The largest absolute Gasteiger partial charge is 0.453 e. The number of para-hydroxylation sites is 1. The maximum absolute atomic E-state index is 7.12. The minimum atomic E-state index is 0.586. The van der Waals surface area contributed by atoms with Gasteiger partial charge in [-0.2, -0.15) is 0 Å². The van der Waals surface area contributed by atoms with Crippen LogP contribution in [0, 0.1) is 0 Å². The molecule has 0 aliphatic rings. The lowest BCUT2D eigenvalue weighted by molar-refractivity contribution is 0.632. The summed E-state index contributed by atoms with van der Waals surface area (Å²) in [6, 6.07) is 75.0. The van der Waals surface area contributed by atoms with Gasteiger partial charge in [0.1, 0.15) is 11.5 Å². The van der Waals surface area contributed by atoms with E-state index in [9.17, 15) is 0 Å². The van der Waals surface area contributed by atoms with Crippen LogP contribution < -0.4 is 0 Å². The Bertz CT molecular complexity index is 3330. The van der Waals surface area contributed by atoms with E-state index >= 15 is 0 Å². The molecule has 3 aromatic heterocycles. The van der Waals surface area contributed by atoms with Crippen molar-refractivity contribution in [2.24, 2.45) is 0 Å². The normalized spacial score (nSPS) is 11.3. The van der Waals surface area contributed by atoms with Gasteiger partial charge in [0.2, 0.25) is 0 Å². The molecule has 0 fully saturated rings. The molecular formula is C56H36N4O. The summed E-state index contributed by atoms with van der Waals surface area (Å²) in [5, 5.41) is 2.06. The first-order valence-electron chi connectivity index (χ1n) is 20.4. The molecule has 61 heavy (non-hydrogen) atoms. The van der Waals surface area contributed by atoms with E-state index in [2.05, 4.69) is 152 Å². The fourth-order valence-corrected chi connectivity index (χ4v) is 8.15. The molecule has 0 N–H and O–H groups in total. The minimum absolute atomic E-state index is 0.586. The van der Waals surface area contributed by atoms with Gasteiger partial charge < -0.3 is 4.42 Å². The zero-order chi connectivity index (χ0) is 40.5. The lowest BCUT2D eigenvalue weighted by Gasteiger charge is -2.11. The average molecular weight is 781 g/mol. The van der Waals surface area contributed by atoms with Crippen molar-refractivity contribution >= 4 is 21.9 Å². The molecule has 286 valence electrons.